The van der Waals surface area contributed by atoms with E-state index < -0.39 is 29.5 Å². The van der Waals surface area contributed by atoms with Gasteiger partial charge in [-0.3, -0.25) is 4.79 Å². The van der Waals surface area contributed by atoms with Crippen LogP contribution in [0.2, 0.25) is 0 Å². The fourth-order valence-electron chi connectivity index (χ4n) is 4.01. The molecular formula is C19H21NO5. The predicted octanol–water partition coefficient (Wildman–Crippen LogP) is 1.55. The van der Waals surface area contributed by atoms with Gasteiger partial charge in [0.2, 0.25) is 0 Å². The van der Waals surface area contributed by atoms with E-state index in [9.17, 15) is 15.0 Å². The molecule has 0 aliphatic carbocycles. The third-order valence-corrected chi connectivity index (χ3v) is 5.68. The highest BCUT2D eigenvalue weighted by molar-refractivity contribution is 5.65. The average molecular weight is 343 g/mol. The van der Waals surface area contributed by atoms with Crippen molar-refractivity contribution in [3.63, 3.8) is 0 Å². The molecule has 132 valence electrons. The van der Waals surface area contributed by atoms with Crippen LogP contribution in [-0.2, 0) is 10.2 Å². The molecule has 2 aliphatic rings. The predicted molar refractivity (Wildman–Crippen MR) is 91.4 cm³/mol. The second kappa shape index (κ2) is 5.17. The summed E-state index contributed by atoms with van der Waals surface area (Å²) in [6.45, 7) is 5.01. The van der Waals surface area contributed by atoms with Crippen LogP contribution in [0.5, 0.6) is 5.88 Å². The van der Waals surface area contributed by atoms with Crippen molar-refractivity contribution in [2.75, 3.05) is 0 Å². The number of rotatable bonds is 2. The lowest BCUT2D eigenvalue weighted by Crippen LogP contribution is -2.52. The van der Waals surface area contributed by atoms with Crippen molar-refractivity contribution in [1.82, 2.24) is 4.98 Å². The van der Waals surface area contributed by atoms with Crippen LogP contribution in [0.4, 0.5) is 0 Å². The Labute approximate surface area is 145 Å². The number of aliphatic hydroxyl groups excluding tert-OH is 2. The molecule has 25 heavy (non-hydrogen) atoms. The molecule has 0 bridgehead atoms. The molecule has 5 unspecified atom stereocenters. The van der Waals surface area contributed by atoms with Crippen molar-refractivity contribution in [2.24, 2.45) is 0 Å². The molecule has 1 aromatic heterocycles. The van der Waals surface area contributed by atoms with Gasteiger partial charge in [-0.15, -0.1) is 0 Å². The Hall–Kier alpha value is -2.15. The van der Waals surface area contributed by atoms with E-state index in [2.05, 4.69) is 4.98 Å². The zero-order valence-corrected chi connectivity index (χ0v) is 14.3. The Bertz CT molecular complexity index is 877. The number of benzene rings is 1. The van der Waals surface area contributed by atoms with E-state index in [1.165, 1.54) is 0 Å². The summed E-state index contributed by atoms with van der Waals surface area (Å²) in [4.78, 5) is 16.2. The summed E-state index contributed by atoms with van der Waals surface area (Å²) in [5, 5.41) is 20.8. The van der Waals surface area contributed by atoms with Crippen molar-refractivity contribution in [2.45, 2.75) is 50.3 Å². The summed E-state index contributed by atoms with van der Waals surface area (Å²) in [7, 11) is 0. The molecule has 1 saturated heterocycles. The highest BCUT2D eigenvalue weighted by Gasteiger charge is 2.68. The molecule has 0 radical (unpaired) electrons. The van der Waals surface area contributed by atoms with E-state index in [0.29, 0.717) is 17.0 Å². The first kappa shape index (κ1) is 16.3. The maximum absolute atomic E-state index is 13.2. The molecule has 3 N–H and O–H groups in total. The lowest BCUT2D eigenvalue weighted by Gasteiger charge is -2.32. The van der Waals surface area contributed by atoms with E-state index in [-0.39, 0.29) is 5.43 Å². The number of H-pyrrole nitrogens is 1. The van der Waals surface area contributed by atoms with Gasteiger partial charge in [-0.25, -0.2) is 0 Å². The Balaban J connectivity index is 1.91. The summed E-state index contributed by atoms with van der Waals surface area (Å²) in [5.74, 6) is 0.325. The van der Waals surface area contributed by atoms with E-state index >= 15 is 0 Å². The number of aromatic amines is 1. The van der Waals surface area contributed by atoms with Crippen LogP contribution in [0.15, 0.2) is 41.3 Å². The standard InChI is InChI=1S/C19H21NO5/c1-10(21)19(3)16-18(2,17(23)25-19)13-14(22)12(9-20-15(13)24-16)11-7-5-4-6-8-11/h4-10,16-17,21,23H,1-3H3,(H,20,22). The first-order chi connectivity index (χ1) is 11.8. The third kappa shape index (κ3) is 1.99. The zero-order chi connectivity index (χ0) is 18.0. The van der Waals surface area contributed by atoms with E-state index in [0.717, 1.165) is 5.56 Å². The number of ether oxygens (including phenoxy) is 2. The van der Waals surface area contributed by atoms with E-state index in [1.807, 2.05) is 30.3 Å². The number of nitrogens with one attached hydrogen (secondary N) is 1. The lowest BCUT2D eigenvalue weighted by molar-refractivity contribution is -0.184. The number of pyridine rings is 1. The van der Waals surface area contributed by atoms with Gasteiger partial charge in [0.15, 0.2) is 17.6 Å². The topological polar surface area (TPSA) is 91.8 Å². The van der Waals surface area contributed by atoms with Crippen LogP contribution in [0.3, 0.4) is 0 Å². The molecule has 2 aromatic rings. The number of aromatic nitrogens is 1. The van der Waals surface area contributed by atoms with E-state index in [1.54, 1.807) is 27.0 Å². The summed E-state index contributed by atoms with van der Waals surface area (Å²) in [6.07, 6.45) is -1.20. The Morgan fingerprint density at radius 3 is 2.56 bits per heavy atom. The number of fused-ring (bicyclic) bond motifs is 3. The summed E-state index contributed by atoms with van der Waals surface area (Å²) in [5.41, 5.74) is -0.758. The molecule has 6 heteroatoms. The lowest BCUT2D eigenvalue weighted by atomic mass is 9.74. The first-order valence-electron chi connectivity index (χ1n) is 8.32. The molecule has 0 amide bonds. The van der Waals surface area contributed by atoms with Gasteiger partial charge in [0.05, 0.1) is 17.1 Å². The molecular weight excluding hydrogens is 322 g/mol. The molecule has 5 atom stereocenters. The van der Waals surface area contributed by atoms with Crippen LogP contribution in [0, 0.1) is 0 Å². The van der Waals surface area contributed by atoms with Gasteiger partial charge >= 0.3 is 0 Å². The van der Waals surface area contributed by atoms with Crippen molar-refractivity contribution in [3.8, 4) is 17.0 Å². The van der Waals surface area contributed by atoms with Gasteiger partial charge in [-0.05, 0) is 26.3 Å². The molecule has 6 nitrogen and oxygen atoms in total. The normalized spacial score (nSPS) is 34.3. The summed E-state index contributed by atoms with van der Waals surface area (Å²) >= 11 is 0. The van der Waals surface area contributed by atoms with Crippen LogP contribution in [0.25, 0.3) is 11.1 Å². The van der Waals surface area contributed by atoms with Crippen molar-refractivity contribution < 1.29 is 19.7 Å². The minimum Gasteiger partial charge on any atom is -0.471 e. The Morgan fingerprint density at radius 2 is 1.92 bits per heavy atom. The summed E-state index contributed by atoms with van der Waals surface area (Å²) in [6, 6.07) is 9.32. The van der Waals surface area contributed by atoms with Crippen LogP contribution in [-0.4, -0.2) is 39.3 Å². The number of hydrogen-bond acceptors (Lipinski definition) is 5. The molecule has 3 heterocycles. The van der Waals surface area contributed by atoms with Crippen molar-refractivity contribution >= 4 is 0 Å². The van der Waals surface area contributed by atoms with Crippen LogP contribution < -0.4 is 10.2 Å². The van der Waals surface area contributed by atoms with Gasteiger partial charge < -0.3 is 24.7 Å². The minimum atomic E-state index is -1.26. The van der Waals surface area contributed by atoms with Crippen LogP contribution >= 0.6 is 0 Å². The number of hydrogen-bond donors (Lipinski definition) is 3. The fourth-order valence-corrected chi connectivity index (χ4v) is 4.01. The monoisotopic (exact) mass is 343 g/mol. The highest BCUT2D eigenvalue weighted by atomic mass is 16.7. The largest absolute Gasteiger partial charge is 0.471 e. The molecule has 1 aromatic carbocycles. The maximum atomic E-state index is 13.2. The zero-order valence-electron chi connectivity index (χ0n) is 14.3. The number of aliphatic hydroxyl groups is 2. The smallest absolute Gasteiger partial charge is 0.199 e. The highest BCUT2D eigenvalue weighted by Crippen LogP contribution is 2.54. The Morgan fingerprint density at radius 1 is 1.24 bits per heavy atom. The Kier molecular flexibility index (Phi) is 3.38. The van der Waals surface area contributed by atoms with Gasteiger partial charge in [-0.1, -0.05) is 30.3 Å². The van der Waals surface area contributed by atoms with Gasteiger partial charge in [0, 0.05) is 11.8 Å². The third-order valence-electron chi connectivity index (χ3n) is 5.68. The SMILES string of the molecule is CC(O)C1(C)OC(O)C2(C)c3c([nH]cc(-c4ccccc4)c3=O)OC12. The van der Waals surface area contributed by atoms with Gasteiger partial charge in [-0.2, -0.15) is 0 Å². The van der Waals surface area contributed by atoms with E-state index in [4.69, 9.17) is 9.47 Å². The first-order valence-corrected chi connectivity index (χ1v) is 8.32. The molecule has 0 spiro atoms. The van der Waals surface area contributed by atoms with Crippen molar-refractivity contribution in [3.05, 3.63) is 52.3 Å². The molecule has 4 rings (SSSR count). The van der Waals surface area contributed by atoms with Gasteiger partial charge in [0.25, 0.3) is 0 Å². The summed E-state index contributed by atoms with van der Waals surface area (Å²) < 4.78 is 11.6. The molecule has 0 saturated carbocycles. The maximum Gasteiger partial charge on any atom is 0.199 e. The molecule has 2 aliphatic heterocycles. The van der Waals surface area contributed by atoms with Gasteiger partial charge in [0.1, 0.15) is 11.7 Å². The minimum absolute atomic E-state index is 0.206. The van der Waals surface area contributed by atoms with Crippen LogP contribution in [0.1, 0.15) is 26.3 Å². The quantitative estimate of drug-likeness (QED) is 0.769. The average Bonchev–Trinajstić information content (AvgIpc) is 3.00. The van der Waals surface area contributed by atoms with Crippen molar-refractivity contribution in [1.29, 1.82) is 0 Å². The second-order valence-electron chi connectivity index (χ2n) is 7.21. The molecule has 1 fully saturated rings. The fraction of sp³-hybridized carbons (Fsp3) is 0.421. The second-order valence-corrected chi connectivity index (χ2v) is 7.21.